The van der Waals surface area contributed by atoms with E-state index in [1.807, 2.05) is 12.4 Å². The predicted molar refractivity (Wildman–Crippen MR) is 116 cm³/mol. The Balaban J connectivity index is 1.16. The minimum absolute atomic E-state index is 0.205. The molecule has 2 aromatic rings. The largest absolute Gasteiger partial charge is 0.490 e. The monoisotopic (exact) mass is 413 g/mol. The number of hydrogen-bond donors (Lipinski definition) is 1. The van der Waals surface area contributed by atoms with E-state index in [9.17, 15) is 4.39 Å². The Morgan fingerprint density at radius 2 is 1.93 bits per heavy atom. The summed E-state index contributed by atoms with van der Waals surface area (Å²) in [5, 5.41) is 3.46. The molecule has 162 valence electrons. The molecular weight excluding hydrogens is 381 g/mol. The quantitative estimate of drug-likeness (QED) is 0.625. The highest BCUT2D eigenvalue weighted by atomic mass is 19.1. The van der Waals surface area contributed by atoms with E-state index < -0.39 is 0 Å². The molecule has 1 atom stereocenters. The number of pyridine rings is 1. The molecule has 30 heavy (non-hydrogen) atoms. The minimum Gasteiger partial charge on any atom is -0.490 e. The topological polar surface area (TPSA) is 46.6 Å². The highest BCUT2D eigenvalue weighted by molar-refractivity contribution is 5.48. The van der Waals surface area contributed by atoms with Crippen molar-refractivity contribution < 1.29 is 13.9 Å². The van der Waals surface area contributed by atoms with Crippen LogP contribution < -0.4 is 15.0 Å². The number of halogens is 1. The zero-order chi connectivity index (χ0) is 20.6. The van der Waals surface area contributed by atoms with Gasteiger partial charge in [-0.15, -0.1) is 0 Å². The maximum atomic E-state index is 12.9. The number of hydrogen-bond acceptors (Lipinski definition) is 5. The van der Waals surface area contributed by atoms with Gasteiger partial charge >= 0.3 is 0 Å². The zero-order valence-corrected chi connectivity index (χ0v) is 17.6. The summed E-state index contributed by atoms with van der Waals surface area (Å²) in [6, 6.07) is 9.11. The first-order valence-electron chi connectivity index (χ1n) is 11.1. The second-order valence-corrected chi connectivity index (χ2v) is 8.38. The van der Waals surface area contributed by atoms with Gasteiger partial charge in [-0.05, 0) is 62.3 Å². The Bertz CT molecular complexity index is 772. The molecule has 3 heterocycles. The van der Waals surface area contributed by atoms with E-state index in [0.29, 0.717) is 25.2 Å². The average Bonchev–Trinajstić information content (AvgIpc) is 3.31. The highest BCUT2D eigenvalue weighted by Gasteiger charge is 2.20. The number of benzene rings is 1. The molecule has 2 aliphatic heterocycles. The van der Waals surface area contributed by atoms with E-state index in [0.717, 1.165) is 62.5 Å². The lowest BCUT2D eigenvalue weighted by Crippen LogP contribution is -2.34. The van der Waals surface area contributed by atoms with Gasteiger partial charge in [-0.1, -0.05) is 12.1 Å². The molecule has 0 unspecified atom stereocenters. The van der Waals surface area contributed by atoms with Gasteiger partial charge < -0.3 is 19.7 Å². The van der Waals surface area contributed by atoms with E-state index in [1.54, 1.807) is 12.1 Å². The van der Waals surface area contributed by atoms with Gasteiger partial charge in [0.15, 0.2) is 0 Å². The minimum atomic E-state index is -0.205. The van der Waals surface area contributed by atoms with Crippen LogP contribution in [-0.2, 0) is 11.3 Å². The van der Waals surface area contributed by atoms with Gasteiger partial charge in [0.25, 0.3) is 0 Å². The van der Waals surface area contributed by atoms with Gasteiger partial charge in [0.05, 0.1) is 24.7 Å². The summed E-state index contributed by atoms with van der Waals surface area (Å²) in [6.07, 6.45) is 9.57. The van der Waals surface area contributed by atoms with Crippen molar-refractivity contribution in [2.45, 2.75) is 44.8 Å². The molecule has 6 heteroatoms. The Morgan fingerprint density at radius 3 is 2.70 bits per heavy atom. The van der Waals surface area contributed by atoms with Crippen molar-refractivity contribution >= 4 is 5.69 Å². The molecule has 0 bridgehead atoms. The van der Waals surface area contributed by atoms with Crippen molar-refractivity contribution in [1.82, 2.24) is 10.3 Å². The Hall–Kier alpha value is -2.18. The summed E-state index contributed by atoms with van der Waals surface area (Å²) >= 11 is 0. The van der Waals surface area contributed by atoms with Crippen molar-refractivity contribution in [3.05, 3.63) is 54.1 Å². The third-order valence-corrected chi connectivity index (χ3v) is 6.14. The van der Waals surface area contributed by atoms with Crippen molar-refractivity contribution in [2.24, 2.45) is 5.92 Å². The van der Waals surface area contributed by atoms with Crippen molar-refractivity contribution in [3.8, 4) is 5.75 Å². The maximum absolute atomic E-state index is 12.9. The standard InChI is InChI=1S/C24H32FN3O2/c25-21-5-3-20(4-6-21)17-29-13-9-19-7-11-28(12-8-19)23-14-24(16-26-15-23)30-18-22-2-1-10-27-22/h3-6,14-16,19,22,27H,1-2,7-13,17-18H2/t22-/m0/s1. The van der Waals surface area contributed by atoms with Gasteiger partial charge in [0.2, 0.25) is 0 Å². The number of anilines is 1. The Kier molecular flexibility index (Phi) is 7.54. The lowest BCUT2D eigenvalue weighted by Gasteiger charge is -2.33. The summed E-state index contributed by atoms with van der Waals surface area (Å²) < 4.78 is 24.7. The fraction of sp³-hybridized carbons (Fsp3) is 0.542. The molecule has 0 aliphatic carbocycles. The maximum Gasteiger partial charge on any atom is 0.139 e. The fourth-order valence-electron chi connectivity index (χ4n) is 4.26. The van der Waals surface area contributed by atoms with E-state index in [2.05, 4.69) is 21.3 Å². The first kappa shape index (κ1) is 21.1. The predicted octanol–water partition coefficient (Wildman–Crippen LogP) is 4.17. The number of nitrogens with one attached hydrogen (secondary N) is 1. The van der Waals surface area contributed by atoms with E-state index in [4.69, 9.17) is 9.47 Å². The van der Waals surface area contributed by atoms with E-state index in [1.165, 1.54) is 25.0 Å². The summed E-state index contributed by atoms with van der Waals surface area (Å²) in [5.74, 6) is 1.34. The van der Waals surface area contributed by atoms with Crippen LogP contribution >= 0.6 is 0 Å². The first-order chi connectivity index (χ1) is 14.8. The normalized spacial score (nSPS) is 19.9. The summed E-state index contributed by atoms with van der Waals surface area (Å²) in [7, 11) is 0. The molecule has 0 saturated carbocycles. The van der Waals surface area contributed by atoms with Crippen LogP contribution in [-0.4, -0.2) is 43.9 Å². The zero-order valence-electron chi connectivity index (χ0n) is 17.6. The smallest absolute Gasteiger partial charge is 0.139 e. The lowest BCUT2D eigenvalue weighted by atomic mass is 9.94. The molecule has 0 amide bonds. The Labute approximate surface area is 178 Å². The number of aromatic nitrogens is 1. The molecule has 1 aromatic carbocycles. The second kappa shape index (κ2) is 10.7. The van der Waals surface area contributed by atoms with Gasteiger partial charge in [0.1, 0.15) is 18.2 Å². The average molecular weight is 414 g/mol. The van der Waals surface area contributed by atoms with Crippen LogP contribution in [0.3, 0.4) is 0 Å². The SMILES string of the molecule is Fc1ccc(COCCC2CCN(c3cncc(OC[C@@H]4CCCN4)c3)CC2)cc1. The number of rotatable bonds is 9. The number of piperidine rings is 1. The van der Waals surface area contributed by atoms with Crippen LogP contribution in [0.5, 0.6) is 5.75 Å². The van der Waals surface area contributed by atoms with Crippen molar-refractivity contribution in [2.75, 3.05) is 37.7 Å². The summed E-state index contributed by atoms with van der Waals surface area (Å²) in [5.41, 5.74) is 2.17. The van der Waals surface area contributed by atoms with Crippen LogP contribution in [0.15, 0.2) is 42.7 Å². The van der Waals surface area contributed by atoms with Crippen LogP contribution in [0.25, 0.3) is 0 Å². The van der Waals surface area contributed by atoms with E-state index >= 15 is 0 Å². The molecule has 0 radical (unpaired) electrons. The van der Waals surface area contributed by atoms with Gasteiger partial charge in [-0.25, -0.2) is 4.39 Å². The summed E-state index contributed by atoms with van der Waals surface area (Å²) in [4.78, 5) is 6.79. The lowest BCUT2D eigenvalue weighted by molar-refractivity contribution is 0.104. The van der Waals surface area contributed by atoms with Crippen LogP contribution in [0.2, 0.25) is 0 Å². The Morgan fingerprint density at radius 1 is 1.10 bits per heavy atom. The third-order valence-electron chi connectivity index (χ3n) is 6.14. The molecule has 2 fully saturated rings. The van der Waals surface area contributed by atoms with Gasteiger partial charge in [-0.2, -0.15) is 0 Å². The summed E-state index contributed by atoms with van der Waals surface area (Å²) in [6.45, 7) is 5.19. The van der Waals surface area contributed by atoms with Crippen molar-refractivity contribution in [3.63, 3.8) is 0 Å². The molecule has 4 rings (SSSR count). The van der Waals surface area contributed by atoms with Crippen molar-refractivity contribution in [1.29, 1.82) is 0 Å². The highest BCUT2D eigenvalue weighted by Crippen LogP contribution is 2.27. The number of ether oxygens (including phenoxy) is 2. The number of nitrogens with zero attached hydrogens (tertiary/aromatic N) is 2. The molecule has 0 spiro atoms. The van der Waals surface area contributed by atoms with Gasteiger partial charge in [0, 0.05) is 31.8 Å². The van der Waals surface area contributed by atoms with Crippen LogP contribution in [0.1, 0.15) is 37.7 Å². The third kappa shape index (κ3) is 6.16. The molecule has 2 aliphatic rings. The molecule has 1 aromatic heterocycles. The molecule has 1 N–H and O–H groups in total. The second-order valence-electron chi connectivity index (χ2n) is 8.38. The van der Waals surface area contributed by atoms with Gasteiger partial charge in [-0.3, -0.25) is 4.98 Å². The molecule has 5 nitrogen and oxygen atoms in total. The first-order valence-corrected chi connectivity index (χ1v) is 11.1. The molecule has 2 saturated heterocycles. The van der Waals surface area contributed by atoms with E-state index in [-0.39, 0.29) is 5.82 Å². The fourth-order valence-corrected chi connectivity index (χ4v) is 4.26. The molecular formula is C24H32FN3O2. The van der Waals surface area contributed by atoms with Crippen LogP contribution in [0.4, 0.5) is 10.1 Å². The van der Waals surface area contributed by atoms with Crippen LogP contribution in [0, 0.1) is 11.7 Å².